The number of nitrogens with two attached hydrogens (primary N) is 1. The van der Waals surface area contributed by atoms with Crippen LogP contribution < -0.4 is 5.73 Å². The molecule has 94 valence electrons. The van der Waals surface area contributed by atoms with E-state index in [4.69, 9.17) is 5.73 Å². The number of alkyl halides is 3. The second-order valence-electron chi connectivity index (χ2n) is 4.52. The van der Waals surface area contributed by atoms with Gasteiger partial charge in [0.05, 0.1) is 0 Å². The van der Waals surface area contributed by atoms with Gasteiger partial charge in [0.15, 0.2) is 0 Å². The number of hydrogen-bond donors (Lipinski definition) is 1. The fraction of sp³-hybridized carbons (Fsp3) is 0.500. The van der Waals surface area contributed by atoms with Crippen LogP contribution in [0.15, 0.2) is 24.3 Å². The van der Waals surface area contributed by atoms with E-state index in [0.29, 0.717) is 13.1 Å². The van der Waals surface area contributed by atoms with Gasteiger partial charge >= 0.3 is 6.18 Å². The Morgan fingerprint density at radius 3 is 2.00 bits per heavy atom. The highest BCUT2D eigenvalue weighted by molar-refractivity contribution is 5.30. The van der Waals surface area contributed by atoms with Gasteiger partial charge in [0.1, 0.15) is 6.04 Å². The highest BCUT2D eigenvalue weighted by Crippen LogP contribution is 2.33. The predicted molar refractivity (Wildman–Crippen MR) is 59.2 cm³/mol. The Bertz CT molecular complexity index is 376. The summed E-state index contributed by atoms with van der Waals surface area (Å²) in [5.41, 5.74) is 7.40. The minimum atomic E-state index is -4.28. The molecule has 1 aromatic carbocycles. The lowest BCUT2D eigenvalue weighted by atomic mass is 10.1. The van der Waals surface area contributed by atoms with E-state index in [1.807, 2.05) is 24.3 Å². The van der Waals surface area contributed by atoms with E-state index in [1.54, 1.807) is 0 Å². The fourth-order valence-corrected chi connectivity index (χ4v) is 2.39. The minimum absolute atomic E-state index is 0.321. The first-order valence-corrected chi connectivity index (χ1v) is 5.52. The van der Waals surface area contributed by atoms with Crippen LogP contribution in [-0.4, -0.2) is 23.2 Å². The van der Waals surface area contributed by atoms with Crippen molar-refractivity contribution >= 4 is 0 Å². The molecule has 2 rings (SSSR count). The number of nitrogens with zero attached hydrogens (tertiary/aromatic N) is 1. The second-order valence-corrected chi connectivity index (χ2v) is 4.52. The van der Waals surface area contributed by atoms with Crippen molar-refractivity contribution in [3.8, 4) is 0 Å². The second kappa shape index (κ2) is 4.31. The number of hydrogen-bond acceptors (Lipinski definition) is 2. The van der Waals surface area contributed by atoms with Crippen molar-refractivity contribution in [1.82, 2.24) is 4.90 Å². The lowest BCUT2D eigenvalue weighted by Crippen LogP contribution is -2.53. The third-order valence-corrected chi connectivity index (χ3v) is 3.09. The Labute approximate surface area is 98.2 Å². The van der Waals surface area contributed by atoms with Gasteiger partial charge in [-0.15, -0.1) is 0 Å². The van der Waals surface area contributed by atoms with Crippen molar-refractivity contribution in [2.75, 3.05) is 0 Å². The third-order valence-electron chi connectivity index (χ3n) is 3.09. The molecule has 1 heterocycles. The van der Waals surface area contributed by atoms with Gasteiger partial charge in [0, 0.05) is 19.1 Å². The van der Waals surface area contributed by atoms with Crippen LogP contribution >= 0.6 is 0 Å². The molecule has 5 heteroatoms. The van der Waals surface area contributed by atoms with Crippen LogP contribution in [-0.2, 0) is 13.1 Å². The summed E-state index contributed by atoms with van der Waals surface area (Å²) >= 11 is 0. The fourth-order valence-electron chi connectivity index (χ4n) is 2.39. The van der Waals surface area contributed by atoms with Crippen LogP contribution in [0, 0.1) is 0 Å². The van der Waals surface area contributed by atoms with Crippen LogP contribution in [0.2, 0.25) is 0 Å². The van der Waals surface area contributed by atoms with Gasteiger partial charge in [-0.2, -0.15) is 13.2 Å². The van der Waals surface area contributed by atoms with Crippen molar-refractivity contribution in [1.29, 1.82) is 0 Å². The van der Waals surface area contributed by atoms with Gasteiger partial charge in [-0.1, -0.05) is 24.3 Å². The van der Waals surface area contributed by atoms with Gasteiger partial charge < -0.3 is 5.73 Å². The van der Waals surface area contributed by atoms with E-state index >= 15 is 0 Å². The summed E-state index contributed by atoms with van der Waals surface area (Å²) in [5, 5.41) is 0. The molecule has 1 aromatic rings. The van der Waals surface area contributed by atoms with E-state index < -0.39 is 18.3 Å². The van der Waals surface area contributed by atoms with Gasteiger partial charge in [-0.05, 0) is 18.1 Å². The molecule has 0 radical (unpaired) electrons. The Balaban J connectivity index is 2.21. The number of benzene rings is 1. The van der Waals surface area contributed by atoms with E-state index in [2.05, 4.69) is 0 Å². The summed E-state index contributed by atoms with van der Waals surface area (Å²) in [4.78, 5) is 1.40. The summed E-state index contributed by atoms with van der Waals surface area (Å²) in [6.45, 7) is 2.05. The molecule has 0 aromatic heterocycles. The lowest BCUT2D eigenvalue weighted by molar-refractivity contribution is -0.189. The minimum Gasteiger partial charge on any atom is -0.326 e. The molecule has 0 amide bonds. The van der Waals surface area contributed by atoms with E-state index in [1.165, 1.54) is 11.8 Å². The van der Waals surface area contributed by atoms with E-state index in [9.17, 15) is 13.2 Å². The molecule has 0 aliphatic carbocycles. The molecule has 0 fully saturated rings. The summed E-state index contributed by atoms with van der Waals surface area (Å²) in [6, 6.07) is 4.92. The number of halogens is 3. The predicted octanol–water partition coefficient (Wildman–Crippen LogP) is 2.28. The first-order chi connectivity index (χ1) is 7.89. The first kappa shape index (κ1) is 12.4. The largest absolute Gasteiger partial charge is 0.405 e. The summed E-state index contributed by atoms with van der Waals surface area (Å²) in [6.07, 6.45) is -4.28. The molecule has 2 nitrogen and oxygen atoms in total. The highest BCUT2D eigenvalue weighted by atomic mass is 19.4. The van der Waals surface area contributed by atoms with Crippen molar-refractivity contribution in [3.05, 3.63) is 35.4 Å². The SMILES string of the molecule is CC(N)C(N1Cc2ccccc2C1)C(F)(F)F. The molecule has 0 bridgehead atoms. The molecular formula is C12H15F3N2. The molecule has 2 unspecified atom stereocenters. The summed E-state index contributed by atoms with van der Waals surface area (Å²) < 4.78 is 38.8. The van der Waals surface area contributed by atoms with Crippen molar-refractivity contribution < 1.29 is 13.2 Å². The van der Waals surface area contributed by atoms with Crippen molar-refractivity contribution in [2.24, 2.45) is 5.73 Å². The van der Waals surface area contributed by atoms with Crippen LogP contribution in [0.4, 0.5) is 13.2 Å². The van der Waals surface area contributed by atoms with Gasteiger partial charge in [-0.3, -0.25) is 4.90 Å². The monoisotopic (exact) mass is 244 g/mol. The Morgan fingerprint density at radius 1 is 1.18 bits per heavy atom. The zero-order chi connectivity index (χ0) is 12.6. The smallest absolute Gasteiger partial charge is 0.326 e. The van der Waals surface area contributed by atoms with Gasteiger partial charge in [0.2, 0.25) is 0 Å². The molecule has 0 saturated heterocycles. The topological polar surface area (TPSA) is 29.3 Å². The van der Waals surface area contributed by atoms with Crippen LogP contribution in [0.5, 0.6) is 0 Å². The molecule has 2 atom stereocenters. The average Bonchev–Trinajstić information content (AvgIpc) is 2.56. The number of fused-ring (bicyclic) bond motifs is 1. The lowest BCUT2D eigenvalue weighted by Gasteiger charge is -2.32. The van der Waals surface area contributed by atoms with Crippen molar-refractivity contribution in [3.63, 3.8) is 0 Å². The van der Waals surface area contributed by atoms with Crippen LogP contribution in [0.25, 0.3) is 0 Å². The van der Waals surface area contributed by atoms with E-state index in [-0.39, 0.29) is 0 Å². The maximum Gasteiger partial charge on any atom is 0.405 e. The van der Waals surface area contributed by atoms with Crippen molar-refractivity contribution in [2.45, 2.75) is 38.3 Å². The maximum absolute atomic E-state index is 12.9. The van der Waals surface area contributed by atoms with E-state index in [0.717, 1.165) is 11.1 Å². The molecule has 2 N–H and O–H groups in total. The maximum atomic E-state index is 12.9. The molecule has 1 aliphatic rings. The average molecular weight is 244 g/mol. The molecule has 17 heavy (non-hydrogen) atoms. The standard InChI is InChI=1S/C12H15F3N2/c1-8(16)11(12(13,14)15)17-6-9-4-2-3-5-10(9)7-17/h2-5,8,11H,6-7,16H2,1H3. The normalized spacial score (nSPS) is 20.1. The first-order valence-electron chi connectivity index (χ1n) is 5.52. The summed E-state index contributed by atoms with van der Waals surface area (Å²) in [7, 11) is 0. The zero-order valence-corrected chi connectivity index (χ0v) is 9.54. The molecular weight excluding hydrogens is 229 g/mol. The Kier molecular flexibility index (Phi) is 3.14. The number of rotatable bonds is 2. The zero-order valence-electron chi connectivity index (χ0n) is 9.54. The quantitative estimate of drug-likeness (QED) is 0.864. The highest BCUT2D eigenvalue weighted by Gasteiger charge is 2.47. The molecule has 0 spiro atoms. The van der Waals surface area contributed by atoms with Gasteiger partial charge in [-0.25, -0.2) is 0 Å². The van der Waals surface area contributed by atoms with Crippen LogP contribution in [0.1, 0.15) is 18.1 Å². The Hall–Kier alpha value is -1.07. The Morgan fingerprint density at radius 2 is 1.65 bits per heavy atom. The van der Waals surface area contributed by atoms with Gasteiger partial charge in [0.25, 0.3) is 0 Å². The third kappa shape index (κ3) is 2.45. The molecule has 1 aliphatic heterocycles. The van der Waals surface area contributed by atoms with Crippen LogP contribution in [0.3, 0.4) is 0 Å². The molecule has 0 saturated carbocycles. The summed E-state index contributed by atoms with van der Waals surface area (Å²) in [5.74, 6) is 0.